The Morgan fingerprint density at radius 2 is 1.95 bits per heavy atom. The lowest BCUT2D eigenvalue weighted by Crippen LogP contribution is -2.15. The Kier molecular flexibility index (Phi) is 4.26. The van der Waals surface area contributed by atoms with E-state index in [0.29, 0.717) is 10.2 Å². The van der Waals surface area contributed by atoms with Crippen molar-refractivity contribution in [3.63, 3.8) is 0 Å². The number of pyridine rings is 1. The zero-order chi connectivity index (χ0) is 14.0. The van der Waals surface area contributed by atoms with Crippen LogP contribution in [0, 0.1) is 11.8 Å². The first-order valence-corrected chi connectivity index (χ1v) is 6.64. The molecule has 0 spiro atoms. The largest absolute Gasteiger partial charge is 0.321 e. The van der Waals surface area contributed by atoms with Gasteiger partial charge in [-0.2, -0.15) is 4.39 Å². The third kappa shape index (κ3) is 3.16. The van der Waals surface area contributed by atoms with Crippen LogP contribution in [0.3, 0.4) is 0 Å². The molecule has 98 valence electrons. The molecule has 0 aliphatic carbocycles. The van der Waals surface area contributed by atoms with E-state index in [9.17, 15) is 13.6 Å². The summed E-state index contributed by atoms with van der Waals surface area (Å²) < 4.78 is 27.7. The van der Waals surface area contributed by atoms with Gasteiger partial charge in [-0.15, -0.1) is 0 Å². The Balaban J connectivity index is 2.31. The summed E-state index contributed by atoms with van der Waals surface area (Å²) in [4.78, 5) is 15.0. The van der Waals surface area contributed by atoms with E-state index in [0.717, 1.165) is 16.7 Å². The normalized spacial score (nSPS) is 10.3. The van der Waals surface area contributed by atoms with Gasteiger partial charge in [0.15, 0.2) is 5.82 Å². The predicted molar refractivity (Wildman–Crippen MR) is 73.9 cm³/mol. The number of carbonyl (C=O) groups excluding carboxylic acids is 1. The Morgan fingerprint density at radius 1 is 1.21 bits per heavy atom. The summed E-state index contributed by atoms with van der Waals surface area (Å²) in [7, 11) is 0. The fourth-order valence-corrected chi connectivity index (χ4v) is 2.08. The van der Waals surface area contributed by atoms with Crippen LogP contribution < -0.4 is 5.32 Å². The molecule has 1 aromatic heterocycles. The summed E-state index contributed by atoms with van der Waals surface area (Å²) >= 11 is 6.50. The number of rotatable bonds is 2. The van der Waals surface area contributed by atoms with E-state index >= 15 is 0 Å². The predicted octanol–water partition coefficient (Wildman–Crippen LogP) is 4.14. The number of nitrogens with zero attached hydrogens (tertiary/aromatic N) is 1. The van der Waals surface area contributed by atoms with Crippen molar-refractivity contribution in [3.8, 4) is 0 Å². The first kappa shape index (κ1) is 14.1. The van der Waals surface area contributed by atoms with Gasteiger partial charge in [0.25, 0.3) is 5.91 Å². The minimum atomic E-state index is -1.30. The number of nitrogens with one attached hydrogen (secondary N) is 1. The molecule has 1 amide bonds. The molecule has 2 rings (SSSR count). The molecule has 2 aromatic rings. The zero-order valence-corrected chi connectivity index (χ0v) is 12.4. The molecule has 19 heavy (non-hydrogen) atoms. The molecule has 1 heterocycles. The van der Waals surface area contributed by atoms with Crippen molar-refractivity contribution in [2.75, 3.05) is 5.32 Å². The standard InChI is InChI=1S/C12H6Br2F2N2O/c13-6-1-2-8(14)9(5-6)18-12(19)7-3-4-17-11(16)10(7)15/h1-5H,(H,18,19). The summed E-state index contributed by atoms with van der Waals surface area (Å²) in [5.41, 5.74) is 0.0374. The third-order valence-corrected chi connectivity index (χ3v) is 3.45. The lowest BCUT2D eigenvalue weighted by atomic mass is 10.2. The second-order valence-electron chi connectivity index (χ2n) is 3.54. The monoisotopic (exact) mass is 390 g/mol. The first-order valence-electron chi connectivity index (χ1n) is 5.05. The molecule has 1 aromatic carbocycles. The number of benzene rings is 1. The van der Waals surface area contributed by atoms with Gasteiger partial charge in [-0.1, -0.05) is 15.9 Å². The number of halogens is 4. The smallest absolute Gasteiger partial charge is 0.258 e. The number of amides is 1. The SMILES string of the molecule is O=C(Nc1cc(Br)ccc1Br)c1ccnc(F)c1F. The zero-order valence-electron chi connectivity index (χ0n) is 9.25. The molecule has 0 radical (unpaired) electrons. The third-order valence-electron chi connectivity index (χ3n) is 2.27. The molecule has 0 bridgehead atoms. The van der Waals surface area contributed by atoms with E-state index in [-0.39, 0.29) is 0 Å². The lowest BCUT2D eigenvalue weighted by molar-refractivity contribution is 0.102. The molecule has 0 saturated carbocycles. The van der Waals surface area contributed by atoms with Gasteiger partial charge in [-0.3, -0.25) is 4.79 Å². The van der Waals surface area contributed by atoms with Crippen molar-refractivity contribution in [1.29, 1.82) is 0 Å². The Hall–Kier alpha value is -1.34. The molecular formula is C12H6Br2F2N2O. The Bertz CT molecular complexity index is 650. The quantitative estimate of drug-likeness (QED) is 0.782. The molecule has 1 N–H and O–H groups in total. The molecule has 0 atom stereocenters. The lowest BCUT2D eigenvalue weighted by Gasteiger charge is -2.08. The highest BCUT2D eigenvalue weighted by molar-refractivity contribution is 9.11. The molecule has 3 nitrogen and oxygen atoms in total. The highest BCUT2D eigenvalue weighted by Gasteiger charge is 2.17. The van der Waals surface area contributed by atoms with Gasteiger partial charge in [0.05, 0.1) is 11.3 Å². The van der Waals surface area contributed by atoms with Gasteiger partial charge in [-0.05, 0) is 40.2 Å². The van der Waals surface area contributed by atoms with Crippen LogP contribution in [-0.4, -0.2) is 10.9 Å². The highest BCUT2D eigenvalue weighted by atomic mass is 79.9. The minimum Gasteiger partial charge on any atom is -0.321 e. The van der Waals surface area contributed by atoms with Gasteiger partial charge in [-0.25, -0.2) is 9.37 Å². The molecule has 7 heteroatoms. The molecule has 0 saturated heterocycles. The summed E-state index contributed by atoms with van der Waals surface area (Å²) in [6.45, 7) is 0. The summed E-state index contributed by atoms with van der Waals surface area (Å²) in [5, 5.41) is 2.49. The maximum Gasteiger partial charge on any atom is 0.258 e. The Morgan fingerprint density at radius 3 is 2.68 bits per heavy atom. The van der Waals surface area contributed by atoms with E-state index in [1.54, 1.807) is 18.2 Å². The number of aromatic nitrogens is 1. The maximum absolute atomic E-state index is 13.4. The van der Waals surface area contributed by atoms with Crippen molar-refractivity contribution in [1.82, 2.24) is 4.98 Å². The molecule has 0 aliphatic rings. The van der Waals surface area contributed by atoms with Crippen LogP contribution in [-0.2, 0) is 0 Å². The van der Waals surface area contributed by atoms with Crippen LogP contribution >= 0.6 is 31.9 Å². The van der Waals surface area contributed by atoms with Crippen LogP contribution in [0.15, 0.2) is 39.4 Å². The summed E-state index contributed by atoms with van der Waals surface area (Å²) in [6.07, 6.45) is 1.03. The van der Waals surface area contributed by atoms with Gasteiger partial charge in [0, 0.05) is 15.1 Å². The van der Waals surface area contributed by atoms with Crippen molar-refractivity contribution in [2.24, 2.45) is 0 Å². The van der Waals surface area contributed by atoms with Gasteiger partial charge < -0.3 is 5.32 Å². The molecule has 0 unspecified atom stereocenters. The fourth-order valence-electron chi connectivity index (χ4n) is 1.38. The average molecular weight is 392 g/mol. The van der Waals surface area contributed by atoms with E-state index in [4.69, 9.17) is 0 Å². The number of anilines is 1. The van der Waals surface area contributed by atoms with Crippen LogP contribution in [0.25, 0.3) is 0 Å². The van der Waals surface area contributed by atoms with Crippen molar-refractivity contribution < 1.29 is 13.6 Å². The van der Waals surface area contributed by atoms with Gasteiger partial charge in [0.2, 0.25) is 5.95 Å². The van der Waals surface area contributed by atoms with Crippen LogP contribution in [0.2, 0.25) is 0 Å². The van der Waals surface area contributed by atoms with E-state index in [1.807, 2.05) is 0 Å². The molecule has 0 fully saturated rings. The van der Waals surface area contributed by atoms with Crippen molar-refractivity contribution in [2.45, 2.75) is 0 Å². The van der Waals surface area contributed by atoms with Crippen molar-refractivity contribution >= 4 is 43.5 Å². The number of hydrogen-bond acceptors (Lipinski definition) is 2. The Labute approximate surface area is 124 Å². The maximum atomic E-state index is 13.4. The second-order valence-corrected chi connectivity index (χ2v) is 5.31. The molecular weight excluding hydrogens is 386 g/mol. The topological polar surface area (TPSA) is 42.0 Å². The average Bonchev–Trinajstić information content (AvgIpc) is 2.37. The van der Waals surface area contributed by atoms with Crippen LogP contribution in [0.5, 0.6) is 0 Å². The van der Waals surface area contributed by atoms with E-state index in [1.165, 1.54) is 0 Å². The summed E-state index contributed by atoms with van der Waals surface area (Å²) in [6, 6.07) is 6.23. The van der Waals surface area contributed by atoms with E-state index in [2.05, 4.69) is 42.2 Å². The van der Waals surface area contributed by atoms with Crippen LogP contribution in [0.1, 0.15) is 10.4 Å². The fraction of sp³-hybridized carbons (Fsp3) is 0. The van der Waals surface area contributed by atoms with Gasteiger partial charge in [0.1, 0.15) is 0 Å². The first-order chi connectivity index (χ1) is 8.99. The van der Waals surface area contributed by atoms with Crippen LogP contribution in [0.4, 0.5) is 14.5 Å². The minimum absolute atomic E-state index is 0.403. The second kappa shape index (κ2) is 5.75. The summed E-state index contributed by atoms with van der Waals surface area (Å²) in [5.74, 6) is -3.33. The van der Waals surface area contributed by atoms with Crippen molar-refractivity contribution in [3.05, 3.63) is 56.7 Å². The molecule has 0 aliphatic heterocycles. The van der Waals surface area contributed by atoms with E-state index < -0.39 is 23.2 Å². The highest BCUT2D eigenvalue weighted by Crippen LogP contribution is 2.26. The number of hydrogen-bond donors (Lipinski definition) is 1. The van der Waals surface area contributed by atoms with Gasteiger partial charge >= 0.3 is 0 Å². The number of carbonyl (C=O) groups is 1.